The Hall–Kier alpha value is -3.94. The molecule has 0 aromatic heterocycles. The molecule has 0 saturated heterocycles. The molecule has 0 fully saturated rings. The molecule has 4 N–H and O–H groups in total. The zero-order valence-corrected chi connectivity index (χ0v) is 65.4. The van der Waals surface area contributed by atoms with Crippen molar-refractivity contribution in [1.82, 2.24) is 0 Å². The van der Waals surface area contributed by atoms with E-state index in [2.05, 4.69) is 200 Å². The van der Waals surface area contributed by atoms with Gasteiger partial charge in [0.2, 0.25) is 0 Å². The van der Waals surface area contributed by atoms with E-state index in [0.29, 0.717) is 5.57 Å². The minimum Gasteiger partial charge on any atom is -0.768 e. The van der Waals surface area contributed by atoms with Crippen molar-refractivity contribution in [3.63, 3.8) is 0 Å². The van der Waals surface area contributed by atoms with Gasteiger partial charge in [0.25, 0.3) is 0 Å². The smallest absolute Gasteiger partial charge is 0.768 e. The molecule has 16 nitrogen and oxygen atoms in total. The molecule has 1 atom stereocenters. The van der Waals surface area contributed by atoms with Crippen LogP contribution in [-0.2, 0) is 68.0 Å². The third-order valence-corrected chi connectivity index (χ3v) is 20.6. The first-order chi connectivity index (χ1) is 47.4. The van der Waals surface area contributed by atoms with Crippen LogP contribution in [0.4, 0.5) is 87.8 Å². The van der Waals surface area contributed by atoms with Crippen LogP contribution in [0.2, 0.25) is 0 Å². The molecule has 0 bridgehead atoms. The number of aliphatic hydroxyl groups excluding tert-OH is 4. The second-order valence-corrected chi connectivity index (χ2v) is 30.2. The van der Waals surface area contributed by atoms with Crippen LogP contribution in [0.5, 0.6) is 0 Å². The average Bonchev–Trinajstić information content (AvgIpc) is 0.780. The summed E-state index contributed by atoms with van der Waals surface area (Å²) in [6, 6.07) is 64.3. The monoisotopic (exact) mass is 1750 g/mol. The molecule has 6 aromatic rings. The zero-order valence-electron chi connectivity index (χ0n) is 54.9. The molecule has 0 aliphatic rings. The summed E-state index contributed by atoms with van der Waals surface area (Å²) < 4.78 is 356. The van der Waals surface area contributed by atoms with Crippen LogP contribution >= 0.6 is 15.9 Å². The number of ether oxygens (including phenoxy) is 1. The van der Waals surface area contributed by atoms with Gasteiger partial charge in [-0.3, -0.25) is 4.21 Å². The third-order valence-electron chi connectivity index (χ3n) is 12.0. The topological polar surface area (TPSA) is 302 Å². The van der Waals surface area contributed by atoms with Gasteiger partial charge in [-0.05, 0) is 101 Å². The maximum absolute atomic E-state index is 12.9. The molecule has 6 aromatic carbocycles. The van der Waals surface area contributed by atoms with Gasteiger partial charge in [-0.25, -0.2) is 25.3 Å². The second-order valence-electron chi connectivity index (χ2n) is 19.9. The van der Waals surface area contributed by atoms with E-state index in [9.17, 15) is 135 Å². The van der Waals surface area contributed by atoms with Crippen LogP contribution in [0, 0.1) is 0 Å². The summed E-state index contributed by atoms with van der Waals surface area (Å²) in [4.78, 5) is 3.93. The number of aliphatic hydroxyl groups is 4. The standard InChI is InChI=1S/2C18H15S.C9H12F4O4S.C4H5BrF4O.2C4H6F4O4S.C4H6F4O3S.2Na/c2*1-4-10-16(11-5-1)19(17-12-6-2-7-13-17)18-14-8-3-9-15-18;1-6(2)7(3)17-5-4-8(10,11)9(12,13)18(14,15)16;5-4(8,9)3(6,7)1-2-10;2*5-3(6,1-2-9)4(7,8)13(10,11)12;5-3(6,1-2-9)4(7,8)12(10)11;;/h2*1-15H;1,3-5H2,2H3,(H,14,15,16);10H,1-2H2;2*9H,1-2H2,(H,10,11,12);9H,1-2H2,(H,10,11);;/q2*+1;;;;;;2*+1/p-4. The number of rotatable bonds is 28. The number of hydrogen-bond acceptors (Lipinski definition) is 16. The van der Waals surface area contributed by atoms with Crippen molar-refractivity contribution < 1.29 is 220 Å². The SMILES string of the molecule is C=C(C)C(=C)OCCC(F)(F)C(F)(F)S(=O)(=O)[O-].O=S(=O)([O-])C(F)(F)C(F)(F)CCO.O=S(=O)([O-])C(F)(F)C(F)(F)CCO.O=S([O-])C(F)(F)C(F)(F)CCO.OCCC(F)(F)C(F)(F)Br.[Na+].[Na+].c1ccc([S+](c2ccccc2)c2ccccc2)cc1.c1ccc([S+](c2ccccc2)c2ccccc2)cc1. The number of benzene rings is 6. The Morgan fingerprint density at radius 2 is 0.585 bits per heavy atom. The molecule has 586 valence electrons. The first-order valence-corrected chi connectivity index (χ1v) is 36.6. The van der Waals surface area contributed by atoms with Crippen molar-refractivity contribution in [3.8, 4) is 0 Å². The van der Waals surface area contributed by atoms with Gasteiger partial charge in [-0.1, -0.05) is 122 Å². The molecule has 45 heteroatoms. The molecular weight excluding hydrogens is 1690 g/mol. The maximum atomic E-state index is 12.9. The van der Waals surface area contributed by atoms with Crippen LogP contribution in [0.15, 0.2) is 236 Å². The Labute approximate surface area is 656 Å². The fourth-order valence-electron chi connectivity index (χ4n) is 6.54. The summed E-state index contributed by atoms with van der Waals surface area (Å²) in [7, 11) is -19.3. The first kappa shape index (κ1) is 106. The molecule has 0 radical (unpaired) electrons. The number of allylic oxidation sites excluding steroid dienone is 1. The summed E-state index contributed by atoms with van der Waals surface area (Å²) in [5.74, 6) is -24.1. The Morgan fingerprint density at radius 1 is 0.396 bits per heavy atom. The van der Waals surface area contributed by atoms with Crippen LogP contribution < -0.4 is 59.1 Å². The average molecular weight is 1750 g/mol. The quantitative estimate of drug-likeness (QED) is 0.00522. The van der Waals surface area contributed by atoms with E-state index >= 15 is 0 Å². The summed E-state index contributed by atoms with van der Waals surface area (Å²) in [5, 5.41) is 9.51. The maximum Gasteiger partial charge on any atom is 1.00 e. The third kappa shape index (κ3) is 32.8. The van der Waals surface area contributed by atoms with Crippen LogP contribution in [0.25, 0.3) is 0 Å². The van der Waals surface area contributed by atoms with E-state index in [0.717, 1.165) is 0 Å². The second kappa shape index (κ2) is 46.2. The molecule has 0 spiro atoms. The Kier molecular flexibility index (Phi) is 46.3. The van der Waals surface area contributed by atoms with Gasteiger partial charge in [0.1, 0.15) is 5.76 Å². The van der Waals surface area contributed by atoms with E-state index in [4.69, 9.17) is 20.4 Å². The molecule has 0 aliphatic carbocycles. The molecule has 1 unspecified atom stereocenters. The van der Waals surface area contributed by atoms with Crippen molar-refractivity contribution in [2.45, 2.75) is 124 Å². The summed E-state index contributed by atoms with van der Waals surface area (Å²) in [5.41, 5.74) is 0.293. The first-order valence-electron chi connectivity index (χ1n) is 28.0. The number of halogens is 21. The fourth-order valence-corrected chi connectivity index (χ4v) is 12.7. The molecule has 0 saturated carbocycles. The van der Waals surface area contributed by atoms with Crippen molar-refractivity contribution in [1.29, 1.82) is 0 Å². The van der Waals surface area contributed by atoms with Crippen molar-refractivity contribution >= 4 is 79.2 Å². The minimum atomic E-state index is -6.46. The van der Waals surface area contributed by atoms with E-state index < -0.39 is 162 Å². The largest absolute Gasteiger partial charge is 1.00 e. The predicted octanol–water partition coefficient (Wildman–Crippen LogP) is 8.58. The van der Waals surface area contributed by atoms with Gasteiger partial charge in [-0.15, -0.1) is 0 Å². The molecular formula is C61H61BrF20Na2O16S6. The van der Waals surface area contributed by atoms with E-state index in [-0.39, 0.29) is 86.7 Å². The molecule has 0 amide bonds. The van der Waals surface area contributed by atoms with Crippen molar-refractivity contribution in [2.24, 2.45) is 0 Å². The normalized spacial score (nSPS) is 12.8. The van der Waals surface area contributed by atoms with E-state index in [1.165, 1.54) is 52.2 Å². The Morgan fingerprint density at radius 3 is 0.745 bits per heavy atom. The van der Waals surface area contributed by atoms with Gasteiger partial charge >= 0.3 is 115 Å². The predicted molar refractivity (Wildman–Crippen MR) is 341 cm³/mol. The Bertz CT molecular complexity index is 3540. The van der Waals surface area contributed by atoms with Gasteiger partial charge in [0.15, 0.2) is 59.7 Å². The van der Waals surface area contributed by atoms with E-state index in [1.54, 1.807) is 0 Å². The van der Waals surface area contributed by atoms with Gasteiger partial charge in [0, 0.05) is 63.2 Å². The minimum absolute atomic E-state index is 0. The van der Waals surface area contributed by atoms with Crippen LogP contribution in [0.3, 0.4) is 0 Å². The molecule has 0 aliphatic heterocycles. The molecule has 6 rings (SSSR count). The van der Waals surface area contributed by atoms with Gasteiger partial charge < -0.3 is 43.4 Å². The number of alkyl halides is 21. The fraction of sp³-hybridized carbons (Fsp3) is 0.344. The van der Waals surface area contributed by atoms with Crippen molar-refractivity contribution in [3.05, 3.63) is 206 Å². The Balaban J connectivity index is -0.00000118. The summed E-state index contributed by atoms with van der Waals surface area (Å²) in [6.07, 6.45) is -8.06. The van der Waals surface area contributed by atoms with Crippen molar-refractivity contribution in [2.75, 3.05) is 33.0 Å². The van der Waals surface area contributed by atoms with E-state index in [1.807, 2.05) is 0 Å². The van der Waals surface area contributed by atoms with Gasteiger partial charge in [-0.2, -0.15) is 87.8 Å². The molecule has 106 heavy (non-hydrogen) atoms. The number of hydrogen-bond donors (Lipinski definition) is 4. The summed E-state index contributed by atoms with van der Waals surface area (Å²) >= 11 is -2.68. The van der Waals surface area contributed by atoms with Crippen LogP contribution in [-0.4, -0.2) is 157 Å². The van der Waals surface area contributed by atoms with Crippen LogP contribution in [0.1, 0.15) is 39.0 Å². The van der Waals surface area contributed by atoms with Gasteiger partial charge in [0.05, 0.1) is 34.8 Å². The zero-order chi connectivity index (χ0) is 80.8. The molecule has 0 heterocycles. The summed E-state index contributed by atoms with van der Waals surface area (Å²) in [6.45, 7) is 2.25.